The fourth-order valence-corrected chi connectivity index (χ4v) is 3.32. The van der Waals surface area contributed by atoms with Gasteiger partial charge >= 0.3 is 5.97 Å². The van der Waals surface area contributed by atoms with Gasteiger partial charge in [0.1, 0.15) is 11.7 Å². The summed E-state index contributed by atoms with van der Waals surface area (Å²) in [7, 11) is 0. The van der Waals surface area contributed by atoms with Gasteiger partial charge in [0.25, 0.3) is 0 Å². The number of aliphatic hydroxyl groups excluding tert-OH is 1. The van der Waals surface area contributed by atoms with Crippen LogP contribution in [0.5, 0.6) is 0 Å². The van der Waals surface area contributed by atoms with E-state index in [0.29, 0.717) is 12.0 Å². The van der Waals surface area contributed by atoms with Crippen molar-refractivity contribution in [2.45, 2.75) is 85.4 Å². The predicted molar refractivity (Wildman–Crippen MR) is 120 cm³/mol. The Morgan fingerprint density at radius 1 is 1.23 bits per heavy atom. The van der Waals surface area contributed by atoms with E-state index in [4.69, 9.17) is 4.74 Å². The maximum absolute atomic E-state index is 12.6. The number of Topliss-reactive ketones (excluding diaryl/α,β-unsaturated/α-hetero) is 1. The van der Waals surface area contributed by atoms with Crippen molar-refractivity contribution in [2.24, 2.45) is 5.41 Å². The largest absolute Gasteiger partial charge is 0.452 e. The smallest absolute Gasteiger partial charge is 0.331 e. The molecule has 0 saturated heterocycles. The van der Waals surface area contributed by atoms with Crippen molar-refractivity contribution in [1.82, 2.24) is 0 Å². The Bertz CT molecular complexity index is 731. The summed E-state index contributed by atoms with van der Waals surface area (Å²) < 4.78 is 5.57. The maximum atomic E-state index is 12.6. The molecule has 0 unspecified atom stereocenters. The van der Waals surface area contributed by atoms with Crippen LogP contribution < -0.4 is 0 Å². The number of ether oxygens (including phenoxy) is 1. The zero-order valence-corrected chi connectivity index (χ0v) is 19.3. The number of carbonyl (C=O) groups is 2. The fourth-order valence-electron chi connectivity index (χ4n) is 3.32. The highest BCUT2D eigenvalue weighted by atomic mass is 16.6. The molecule has 0 radical (unpaired) electrons. The molecular weight excluding hydrogens is 380 g/mol. The molecular formula is C25H38O5. The maximum Gasteiger partial charge on any atom is 0.331 e. The van der Waals surface area contributed by atoms with Crippen molar-refractivity contribution in [3.63, 3.8) is 0 Å². The average molecular weight is 419 g/mol. The van der Waals surface area contributed by atoms with Gasteiger partial charge in [0.05, 0.1) is 6.61 Å². The summed E-state index contributed by atoms with van der Waals surface area (Å²) >= 11 is 0. The van der Waals surface area contributed by atoms with E-state index in [9.17, 15) is 19.8 Å². The van der Waals surface area contributed by atoms with Crippen LogP contribution in [0.15, 0.2) is 47.1 Å². The first-order valence-electron chi connectivity index (χ1n) is 10.6. The van der Waals surface area contributed by atoms with Gasteiger partial charge in [0.2, 0.25) is 0 Å². The highest BCUT2D eigenvalue weighted by molar-refractivity contribution is 5.95. The van der Waals surface area contributed by atoms with Crippen molar-refractivity contribution in [2.75, 3.05) is 6.61 Å². The summed E-state index contributed by atoms with van der Waals surface area (Å²) in [5.74, 6) is -0.716. The van der Waals surface area contributed by atoms with Crippen LogP contribution in [-0.4, -0.2) is 40.3 Å². The molecule has 0 saturated carbocycles. The molecule has 5 heteroatoms. The minimum Gasteiger partial charge on any atom is -0.452 e. The second-order valence-electron chi connectivity index (χ2n) is 9.28. The molecule has 1 rings (SSSR count). The summed E-state index contributed by atoms with van der Waals surface area (Å²) in [6.45, 7) is 11.0. The molecule has 2 N–H and O–H groups in total. The second kappa shape index (κ2) is 11.4. The number of aliphatic hydroxyl groups is 2. The number of carbonyl (C=O) groups excluding carboxylic acids is 2. The van der Waals surface area contributed by atoms with E-state index in [-0.39, 0.29) is 30.6 Å². The van der Waals surface area contributed by atoms with Gasteiger partial charge in [-0.1, -0.05) is 36.3 Å². The Kier molecular flexibility index (Phi) is 9.92. The van der Waals surface area contributed by atoms with Gasteiger partial charge in [-0.25, -0.2) is 4.79 Å². The second-order valence-corrected chi connectivity index (χ2v) is 9.28. The van der Waals surface area contributed by atoms with Crippen LogP contribution in [0.1, 0.15) is 73.6 Å². The summed E-state index contributed by atoms with van der Waals surface area (Å²) in [5.41, 5.74) is 0.668. The first-order valence-corrected chi connectivity index (χ1v) is 10.6. The third-order valence-electron chi connectivity index (χ3n) is 5.41. The number of allylic oxidation sites excluding steroid dienone is 5. The molecule has 0 spiro atoms. The van der Waals surface area contributed by atoms with Gasteiger partial charge in [0, 0.05) is 18.1 Å². The van der Waals surface area contributed by atoms with Crippen molar-refractivity contribution in [1.29, 1.82) is 0 Å². The molecule has 0 amide bonds. The van der Waals surface area contributed by atoms with Crippen LogP contribution >= 0.6 is 0 Å². The summed E-state index contributed by atoms with van der Waals surface area (Å²) in [5, 5.41) is 20.7. The van der Waals surface area contributed by atoms with E-state index in [1.165, 1.54) is 11.6 Å². The molecule has 0 aliphatic heterocycles. The molecule has 168 valence electrons. The average Bonchev–Trinajstić information content (AvgIpc) is 2.63. The minimum absolute atomic E-state index is 0.0679. The molecule has 30 heavy (non-hydrogen) atoms. The predicted octanol–water partition coefficient (Wildman–Crippen LogP) is 4.60. The molecule has 3 atom stereocenters. The fraction of sp³-hybridized carbons (Fsp3) is 0.600. The third-order valence-corrected chi connectivity index (χ3v) is 5.41. The Labute approximate surface area is 181 Å². The van der Waals surface area contributed by atoms with Crippen LogP contribution in [-0.2, 0) is 14.3 Å². The van der Waals surface area contributed by atoms with Gasteiger partial charge in [-0.2, -0.15) is 0 Å². The monoisotopic (exact) mass is 418 g/mol. The molecule has 0 aromatic heterocycles. The summed E-state index contributed by atoms with van der Waals surface area (Å²) in [6, 6.07) is 0. The summed E-state index contributed by atoms with van der Waals surface area (Å²) in [6.07, 6.45) is 10.6. The van der Waals surface area contributed by atoms with Crippen LogP contribution in [0.2, 0.25) is 0 Å². The molecule has 1 aliphatic carbocycles. The van der Waals surface area contributed by atoms with E-state index in [1.807, 2.05) is 19.9 Å². The lowest BCUT2D eigenvalue weighted by Gasteiger charge is -2.31. The number of hydrogen-bond acceptors (Lipinski definition) is 5. The number of rotatable bonds is 6. The van der Waals surface area contributed by atoms with Gasteiger partial charge in [-0.15, -0.1) is 0 Å². The topological polar surface area (TPSA) is 83.8 Å². The Balaban J connectivity index is 3.31. The Morgan fingerprint density at radius 3 is 2.47 bits per heavy atom. The molecule has 0 bridgehead atoms. The third kappa shape index (κ3) is 8.80. The van der Waals surface area contributed by atoms with Gasteiger partial charge in [0.15, 0.2) is 5.78 Å². The zero-order chi connectivity index (χ0) is 22.9. The lowest BCUT2D eigenvalue weighted by molar-refractivity contribution is -0.153. The van der Waals surface area contributed by atoms with Crippen LogP contribution in [0.25, 0.3) is 0 Å². The van der Waals surface area contributed by atoms with Crippen LogP contribution in [0.3, 0.4) is 0 Å². The normalized spacial score (nSPS) is 30.3. The van der Waals surface area contributed by atoms with E-state index in [0.717, 1.165) is 18.4 Å². The van der Waals surface area contributed by atoms with Crippen LogP contribution in [0, 0.1) is 5.41 Å². The molecule has 0 fully saturated rings. The molecule has 0 aromatic rings. The van der Waals surface area contributed by atoms with Crippen molar-refractivity contribution < 1.29 is 24.5 Å². The molecule has 1 aliphatic rings. The standard InChI is InChI=1S/C25H38O5/c1-18(2)8-7-12-24(5)13-9-20(17-26)21(27)10-15-25(6,29)22(11-14-24)30-23(28)16-19(3)4/h8-9,11,14,16,22,26,29H,7,10,12-13,15,17H2,1-6H3/b14-11+,20-9-/t22-,24+,25-/m1/s1. The zero-order valence-electron chi connectivity index (χ0n) is 19.3. The van der Waals surface area contributed by atoms with Gasteiger partial charge < -0.3 is 14.9 Å². The minimum atomic E-state index is -1.41. The Hall–Kier alpha value is -1.98. The SMILES string of the molecule is CC(C)=CCC[C@]1(C)/C=C/[C@@H](OC(=O)C=C(C)C)[C@](C)(O)CCC(=O)/C(CO)=C\C1. The van der Waals surface area contributed by atoms with Gasteiger partial charge in [-0.3, -0.25) is 4.79 Å². The van der Waals surface area contributed by atoms with Crippen molar-refractivity contribution in [3.05, 3.63) is 47.1 Å². The van der Waals surface area contributed by atoms with E-state index in [2.05, 4.69) is 13.0 Å². The van der Waals surface area contributed by atoms with Crippen molar-refractivity contribution >= 4 is 11.8 Å². The lowest BCUT2D eigenvalue weighted by Crippen LogP contribution is -2.41. The lowest BCUT2D eigenvalue weighted by atomic mass is 9.80. The number of esters is 1. The van der Waals surface area contributed by atoms with Gasteiger partial charge in [-0.05, 0) is 71.8 Å². The van der Waals surface area contributed by atoms with Crippen LogP contribution in [0.4, 0.5) is 0 Å². The summed E-state index contributed by atoms with van der Waals surface area (Å²) in [4.78, 5) is 24.8. The van der Waals surface area contributed by atoms with E-state index in [1.54, 1.807) is 32.9 Å². The first-order chi connectivity index (χ1) is 13.9. The number of hydrogen-bond donors (Lipinski definition) is 2. The quantitative estimate of drug-likeness (QED) is 0.374. The van der Waals surface area contributed by atoms with E-state index >= 15 is 0 Å². The highest BCUT2D eigenvalue weighted by Gasteiger charge is 2.35. The highest BCUT2D eigenvalue weighted by Crippen LogP contribution is 2.34. The van der Waals surface area contributed by atoms with Crippen molar-refractivity contribution in [3.8, 4) is 0 Å². The molecule has 5 nitrogen and oxygen atoms in total. The molecule has 0 heterocycles. The molecule has 0 aromatic carbocycles. The number of ketones is 1. The van der Waals surface area contributed by atoms with E-state index < -0.39 is 17.7 Å². The Morgan fingerprint density at radius 2 is 1.90 bits per heavy atom. The first kappa shape index (κ1) is 26.1.